The molecule has 0 spiro atoms. The first-order chi connectivity index (χ1) is 12.0. The largest absolute Gasteiger partial charge is 0.445 e. The predicted molar refractivity (Wildman–Crippen MR) is 101 cm³/mol. The highest BCUT2D eigenvalue weighted by Crippen LogP contribution is 2.29. The van der Waals surface area contributed by atoms with Crippen molar-refractivity contribution in [1.29, 1.82) is 0 Å². The fraction of sp³-hybridized carbons (Fsp3) is 0.381. The standard InChI is InChI=1S/C21H26N2O2/c1-14-9-15(2)20(16(3)10-14)22-18-11-19(12-18)23-21(24)25-13-17-7-5-4-6-8-17/h4-10,18-19,22H,11-13H2,1-3H3,(H,23,24). The van der Waals surface area contributed by atoms with Gasteiger partial charge in [0.25, 0.3) is 0 Å². The third kappa shape index (κ3) is 4.53. The van der Waals surface area contributed by atoms with E-state index in [1.807, 2.05) is 30.3 Å². The number of benzene rings is 2. The maximum Gasteiger partial charge on any atom is 0.407 e. The summed E-state index contributed by atoms with van der Waals surface area (Å²) >= 11 is 0. The first-order valence-electron chi connectivity index (χ1n) is 8.83. The lowest BCUT2D eigenvalue weighted by atomic mass is 9.86. The van der Waals surface area contributed by atoms with Crippen LogP contribution in [0.2, 0.25) is 0 Å². The smallest absolute Gasteiger partial charge is 0.407 e. The van der Waals surface area contributed by atoms with Crippen molar-refractivity contribution in [1.82, 2.24) is 5.32 Å². The number of ether oxygens (including phenoxy) is 1. The van der Waals surface area contributed by atoms with Gasteiger partial charge >= 0.3 is 6.09 Å². The normalized spacial score (nSPS) is 19.0. The number of carbonyl (C=O) groups excluding carboxylic acids is 1. The molecule has 1 amide bonds. The molecule has 0 aromatic heterocycles. The Labute approximate surface area is 149 Å². The van der Waals surface area contributed by atoms with Crippen molar-refractivity contribution in [2.45, 2.75) is 52.3 Å². The minimum absolute atomic E-state index is 0.187. The number of anilines is 1. The van der Waals surface area contributed by atoms with Crippen LogP contribution in [0.25, 0.3) is 0 Å². The molecule has 0 atom stereocenters. The molecule has 1 aliphatic carbocycles. The van der Waals surface area contributed by atoms with Crippen LogP contribution in [-0.2, 0) is 11.3 Å². The summed E-state index contributed by atoms with van der Waals surface area (Å²) < 4.78 is 5.27. The third-order valence-corrected chi connectivity index (χ3v) is 4.70. The average Bonchev–Trinajstić information content (AvgIpc) is 2.54. The van der Waals surface area contributed by atoms with E-state index in [0.717, 1.165) is 18.4 Å². The molecule has 1 aliphatic rings. The van der Waals surface area contributed by atoms with E-state index in [2.05, 4.69) is 43.5 Å². The Hall–Kier alpha value is -2.49. The molecule has 0 radical (unpaired) electrons. The van der Waals surface area contributed by atoms with E-state index < -0.39 is 0 Å². The Bertz CT molecular complexity index is 714. The van der Waals surface area contributed by atoms with Crippen molar-refractivity contribution in [3.63, 3.8) is 0 Å². The summed E-state index contributed by atoms with van der Waals surface area (Å²) in [7, 11) is 0. The van der Waals surface area contributed by atoms with Crippen LogP contribution in [0, 0.1) is 20.8 Å². The van der Waals surface area contributed by atoms with Crippen molar-refractivity contribution in [3.8, 4) is 0 Å². The number of nitrogens with one attached hydrogen (secondary N) is 2. The topological polar surface area (TPSA) is 50.4 Å². The molecule has 0 saturated heterocycles. The summed E-state index contributed by atoms with van der Waals surface area (Å²) in [4.78, 5) is 11.9. The highest BCUT2D eigenvalue weighted by molar-refractivity contribution is 5.68. The van der Waals surface area contributed by atoms with Gasteiger partial charge in [0.2, 0.25) is 0 Å². The van der Waals surface area contributed by atoms with E-state index in [1.165, 1.54) is 22.4 Å². The van der Waals surface area contributed by atoms with Gasteiger partial charge in [-0.05, 0) is 50.3 Å². The van der Waals surface area contributed by atoms with Crippen LogP contribution in [0.3, 0.4) is 0 Å². The minimum atomic E-state index is -0.338. The summed E-state index contributed by atoms with van der Waals surface area (Å²) in [6.45, 7) is 6.70. The van der Waals surface area contributed by atoms with Gasteiger partial charge in [0, 0.05) is 17.8 Å². The second kappa shape index (κ2) is 7.60. The molecule has 0 heterocycles. The Morgan fingerprint density at radius 2 is 1.68 bits per heavy atom. The first kappa shape index (κ1) is 17.3. The van der Waals surface area contributed by atoms with Gasteiger partial charge in [0.05, 0.1) is 0 Å². The summed E-state index contributed by atoms with van der Waals surface area (Å²) in [5.41, 5.74) is 6.05. The molecule has 4 nitrogen and oxygen atoms in total. The molecule has 1 saturated carbocycles. The quantitative estimate of drug-likeness (QED) is 0.845. The lowest BCUT2D eigenvalue weighted by Gasteiger charge is -2.37. The van der Waals surface area contributed by atoms with Crippen LogP contribution < -0.4 is 10.6 Å². The van der Waals surface area contributed by atoms with Crippen LogP contribution in [0.15, 0.2) is 42.5 Å². The maximum absolute atomic E-state index is 11.9. The van der Waals surface area contributed by atoms with Crippen molar-refractivity contribution < 1.29 is 9.53 Å². The Morgan fingerprint density at radius 1 is 1.04 bits per heavy atom. The van der Waals surface area contributed by atoms with Crippen molar-refractivity contribution in [2.24, 2.45) is 0 Å². The van der Waals surface area contributed by atoms with E-state index >= 15 is 0 Å². The van der Waals surface area contributed by atoms with Crippen LogP contribution in [-0.4, -0.2) is 18.2 Å². The number of hydrogen-bond acceptors (Lipinski definition) is 3. The van der Waals surface area contributed by atoms with Gasteiger partial charge in [0.15, 0.2) is 0 Å². The Kier molecular flexibility index (Phi) is 5.27. The van der Waals surface area contributed by atoms with E-state index in [4.69, 9.17) is 4.74 Å². The number of aryl methyl sites for hydroxylation is 3. The summed E-state index contributed by atoms with van der Waals surface area (Å²) in [6, 6.07) is 14.7. The molecule has 2 aromatic carbocycles. The summed E-state index contributed by atoms with van der Waals surface area (Å²) in [5.74, 6) is 0. The van der Waals surface area contributed by atoms with Crippen molar-refractivity contribution >= 4 is 11.8 Å². The Balaban J connectivity index is 1.42. The van der Waals surface area contributed by atoms with Crippen molar-refractivity contribution in [3.05, 3.63) is 64.7 Å². The predicted octanol–water partition coefficient (Wildman–Crippen LogP) is 4.48. The Morgan fingerprint density at radius 3 is 2.32 bits per heavy atom. The third-order valence-electron chi connectivity index (χ3n) is 4.70. The van der Waals surface area contributed by atoms with Crippen molar-refractivity contribution in [2.75, 3.05) is 5.32 Å². The van der Waals surface area contributed by atoms with Gasteiger partial charge in [-0.1, -0.05) is 48.0 Å². The lowest BCUT2D eigenvalue weighted by Crippen LogP contribution is -2.49. The van der Waals surface area contributed by atoms with E-state index in [0.29, 0.717) is 12.6 Å². The summed E-state index contributed by atoms with van der Waals surface area (Å²) in [5, 5.41) is 6.55. The minimum Gasteiger partial charge on any atom is -0.445 e. The average molecular weight is 338 g/mol. The van der Waals surface area contributed by atoms with Gasteiger partial charge in [-0.25, -0.2) is 4.79 Å². The van der Waals surface area contributed by atoms with Gasteiger partial charge < -0.3 is 15.4 Å². The number of hydrogen-bond donors (Lipinski definition) is 2. The number of carbonyl (C=O) groups is 1. The van der Waals surface area contributed by atoms with Crippen LogP contribution >= 0.6 is 0 Å². The van der Waals surface area contributed by atoms with E-state index in [1.54, 1.807) is 0 Å². The molecular formula is C21H26N2O2. The van der Waals surface area contributed by atoms with Gasteiger partial charge in [-0.3, -0.25) is 0 Å². The zero-order valence-electron chi connectivity index (χ0n) is 15.1. The molecule has 132 valence electrons. The number of rotatable bonds is 5. The molecule has 0 aliphatic heterocycles. The SMILES string of the molecule is Cc1cc(C)c(NC2CC(NC(=O)OCc3ccccc3)C2)c(C)c1. The highest BCUT2D eigenvalue weighted by atomic mass is 16.5. The molecule has 4 heteroatoms. The zero-order valence-corrected chi connectivity index (χ0v) is 15.1. The van der Waals surface area contributed by atoms with E-state index in [-0.39, 0.29) is 12.1 Å². The molecule has 1 fully saturated rings. The van der Waals surface area contributed by atoms with Gasteiger partial charge in [-0.15, -0.1) is 0 Å². The fourth-order valence-electron chi connectivity index (χ4n) is 3.40. The van der Waals surface area contributed by atoms with Crippen LogP contribution in [0.5, 0.6) is 0 Å². The highest BCUT2D eigenvalue weighted by Gasteiger charge is 2.31. The van der Waals surface area contributed by atoms with Crippen LogP contribution in [0.4, 0.5) is 10.5 Å². The number of amides is 1. The maximum atomic E-state index is 11.9. The molecule has 25 heavy (non-hydrogen) atoms. The monoisotopic (exact) mass is 338 g/mol. The second-order valence-electron chi connectivity index (χ2n) is 6.99. The van der Waals surface area contributed by atoms with E-state index in [9.17, 15) is 4.79 Å². The molecule has 2 aromatic rings. The molecule has 0 bridgehead atoms. The van der Waals surface area contributed by atoms with Gasteiger partial charge in [0.1, 0.15) is 6.61 Å². The number of alkyl carbamates (subject to hydrolysis) is 1. The molecule has 0 unspecified atom stereocenters. The zero-order chi connectivity index (χ0) is 17.8. The van der Waals surface area contributed by atoms with Gasteiger partial charge in [-0.2, -0.15) is 0 Å². The molecular weight excluding hydrogens is 312 g/mol. The summed E-state index contributed by atoms with van der Waals surface area (Å²) in [6.07, 6.45) is 1.51. The second-order valence-corrected chi connectivity index (χ2v) is 6.99. The molecule has 3 rings (SSSR count). The fourth-order valence-corrected chi connectivity index (χ4v) is 3.40. The van der Waals surface area contributed by atoms with Crippen LogP contribution in [0.1, 0.15) is 35.1 Å². The first-order valence-corrected chi connectivity index (χ1v) is 8.83. The molecule has 2 N–H and O–H groups in total. The lowest BCUT2D eigenvalue weighted by molar-refractivity contribution is 0.129.